The molecule has 2 rings (SSSR count). The maximum atomic E-state index is 8.80. The second-order valence-corrected chi connectivity index (χ2v) is 5.56. The number of hydrogen-bond acceptors (Lipinski definition) is 3. The summed E-state index contributed by atoms with van der Waals surface area (Å²) in [5.41, 5.74) is 0. The van der Waals surface area contributed by atoms with E-state index >= 15 is 0 Å². The number of thiophene rings is 1. The SMILES string of the molecule is Cc1ccc(CN2CCC(C#N)CC2)s1. The molecule has 0 saturated carbocycles. The van der Waals surface area contributed by atoms with E-state index in [9.17, 15) is 0 Å². The topological polar surface area (TPSA) is 27.0 Å². The summed E-state index contributed by atoms with van der Waals surface area (Å²) < 4.78 is 0. The Hall–Kier alpha value is -0.850. The molecule has 0 atom stereocenters. The van der Waals surface area contributed by atoms with Gasteiger partial charge in [0.25, 0.3) is 0 Å². The Morgan fingerprint density at radius 3 is 2.73 bits per heavy atom. The van der Waals surface area contributed by atoms with E-state index in [1.807, 2.05) is 11.3 Å². The van der Waals surface area contributed by atoms with Crippen molar-refractivity contribution in [3.8, 4) is 6.07 Å². The van der Waals surface area contributed by atoms with Crippen LogP contribution in [0.15, 0.2) is 12.1 Å². The van der Waals surface area contributed by atoms with Crippen LogP contribution in [-0.4, -0.2) is 18.0 Å². The fraction of sp³-hybridized carbons (Fsp3) is 0.583. The van der Waals surface area contributed by atoms with E-state index in [0.29, 0.717) is 5.92 Å². The lowest BCUT2D eigenvalue weighted by Crippen LogP contribution is -2.32. The van der Waals surface area contributed by atoms with Crippen molar-refractivity contribution >= 4 is 11.3 Å². The number of rotatable bonds is 2. The number of piperidine rings is 1. The Bertz CT molecular complexity index is 356. The summed E-state index contributed by atoms with van der Waals surface area (Å²) in [7, 11) is 0. The highest BCUT2D eigenvalue weighted by Gasteiger charge is 2.18. The van der Waals surface area contributed by atoms with E-state index < -0.39 is 0 Å². The number of aryl methyl sites for hydroxylation is 1. The van der Waals surface area contributed by atoms with Crippen LogP contribution >= 0.6 is 11.3 Å². The predicted molar refractivity (Wildman–Crippen MR) is 62.7 cm³/mol. The van der Waals surface area contributed by atoms with Gasteiger partial charge < -0.3 is 0 Å². The highest BCUT2D eigenvalue weighted by atomic mass is 32.1. The summed E-state index contributed by atoms with van der Waals surface area (Å²) in [6, 6.07) is 6.77. The number of likely N-dealkylation sites (tertiary alicyclic amines) is 1. The molecule has 0 amide bonds. The molecule has 2 heterocycles. The van der Waals surface area contributed by atoms with Crippen LogP contribution in [0.25, 0.3) is 0 Å². The molecular formula is C12H16N2S. The van der Waals surface area contributed by atoms with E-state index in [1.54, 1.807) is 0 Å². The monoisotopic (exact) mass is 220 g/mol. The molecule has 0 unspecified atom stereocenters. The lowest BCUT2D eigenvalue weighted by atomic mass is 9.99. The molecule has 1 aliphatic heterocycles. The van der Waals surface area contributed by atoms with E-state index in [2.05, 4.69) is 30.0 Å². The standard InChI is InChI=1S/C12H16N2S/c1-10-2-3-12(15-10)9-14-6-4-11(8-13)5-7-14/h2-3,11H,4-7,9H2,1H3. The van der Waals surface area contributed by atoms with E-state index in [1.165, 1.54) is 9.75 Å². The first-order valence-corrected chi connectivity index (χ1v) is 6.27. The molecule has 1 aliphatic rings. The maximum Gasteiger partial charge on any atom is 0.0656 e. The van der Waals surface area contributed by atoms with Crippen molar-refractivity contribution in [3.05, 3.63) is 21.9 Å². The molecule has 1 aromatic rings. The average molecular weight is 220 g/mol. The van der Waals surface area contributed by atoms with Gasteiger partial charge in [0, 0.05) is 22.2 Å². The van der Waals surface area contributed by atoms with Gasteiger partial charge in [0.2, 0.25) is 0 Å². The zero-order chi connectivity index (χ0) is 10.7. The largest absolute Gasteiger partial charge is 0.298 e. The Kier molecular flexibility index (Phi) is 3.40. The Morgan fingerprint density at radius 1 is 1.47 bits per heavy atom. The molecule has 1 saturated heterocycles. The van der Waals surface area contributed by atoms with Crippen molar-refractivity contribution in [2.24, 2.45) is 5.92 Å². The van der Waals surface area contributed by atoms with Gasteiger partial charge >= 0.3 is 0 Å². The Balaban J connectivity index is 1.85. The van der Waals surface area contributed by atoms with Crippen molar-refractivity contribution in [3.63, 3.8) is 0 Å². The third-order valence-corrected chi connectivity index (χ3v) is 3.93. The van der Waals surface area contributed by atoms with Gasteiger partial charge in [-0.3, -0.25) is 4.90 Å². The summed E-state index contributed by atoms with van der Waals surface area (Å²) in [6.07, 6.45) is 2.09. The minimum Gasteiger partial charge on any atom is -0.298 e. The molecule has 0 aromatic carbocycles. The summed E-state index contributed by atoms with van der Waals surface area (Å²) >= 11 is 1.88. The summed E-state index contributed by atoms with van der Waals surface area (Å²) in [5, 5.41) is 8.80. The van der Waals surface area contributed by atoms with Gasteiger partial charge in [0.15, 0.2) is 0 Å². The smallest absolute Gasteiger partial charge is 0.0656 e. The first-order chi connectivity index (χ1) is 7.28. The minimum atomic E-state index is 0.298. The molecule has 0 bridgehead atoms. The van der Waals surface area contributed by atoms with Crippen LogP contribution in [0.5, 0.6) is 0 Å². The molecule has 0 N–H and O–H groups in total. The van der Waals surface area contributed by atoms with E-state index in [4.69, 9.17) is 5.26 Å². The molecule has 3 heteroatoms. The molecule has 15 heavy (non-hydrogen) atoms. The van der Waals surface area contributed by atoms with Crippen LogP contribution in [-0.2, 0) is 6.54 Å². The van der Waals surface area contributed by atoms with Crippen LogP contribution in [0.3, 0.4) is 0 Å². The average Bonchev–Trinajstić information content (AvgIpc) is 2.65. The predicted octanol–water partition coefficient (Wildman–Crippen LogP) is 2.79. The van der Waals surface area contributed by atoms with Crippen molar-refractivity contribution < 1.29 is 0 Å². The highest BCUT2D eigenvalue weighted by Crippen LogP contribution is 2.21. The zero-order valence-corrected chi connectivity index (χ0v) is 9.89. The first kappa shape index (κ1) is 10.7. The van der Waals surface area contributed by atoms with Crippen LogP contribution in [0.4, 0.5) is 0 Å². The third kappa shape index (κ3) is 2.80. The summed E-state index contributed by atoms with van der Waals surface area (Å²) in [4.78, 5) is 5.29. The fourth-order valence-electron chi connectivity index (χ4n) is 2.01. The van der Waals surface area contributed by atoms with Gasteiger partial charge in [-0.15, -0.1) is 11.3 Å². The first-order valence-electron chi connectivity index (χ1n) is 5.45. The van der Waals surface area contributed by atoms with Gasteiger partial charge in [-0.25, -0.2) is 0 Å². The van der Waals surface area contributed by atoms with Crippen LogP contribution in [0, 0.1) is 24.2 Å². The van der Waals surface area contributed by atoms with Crippen molar-refractivity contribution in [1.29, 1.82) is 5.26 Å². The zero-order valence-electron chi connectivity index (χ0n) is 9.07. The Morgan fingerprint density at radius 2 is 2.20 bits per heavy atom. The summed E-state index contributed by atoms with van der Waals surface area (Å²) in [5.74, 6) is 0.298. The molecule has 0 radical (unpaired) electrons. The van der Waals surface area contributed by atoms with Gasteiger partial charge in [-0.05, 0) is 45.0 Å². The second kappa shape index (κ2) is 4.78. The van der Waals surface area contributed by atoms with E-state index in [0.717, 1.165) is 32.5 Å². The van der Waals surface area contributed by atoms with Crippen molar-refractivity contribution in [1.82, 2.24) is 4.90 Å². The molecular weight excluding hydrogens is 204 g/mol. The summed E-state index contributed by atoms with van der Waals surface area (Å²) in [6.45, 7) is 5.37. The van der Waals surface area contributed by atoms with Crippen LogP contribution in [0.2, 0.25) is 0 Å². The minimum absolute atomic E-state index is 0.298. The lowest BCUT2D eigenvalue weighted by Gasteiger charge is -2.28. The normalized spacial score (nSPS) is 18.9. The van der Waals surface area contributed by atoms with Crippen molar-refractivity contribution in [2.45, 2.75) is 26.3 Å². The number of hydrogen-bond donors (Lipinski definition) is 0. The molecule has 0 spiro atoms. The van der Waals surface area contributed by atoms with Gasteiger partial charge in [-0.2, -0.15) is 5.26 Å². The Labute approximate surface area is 95.1 Å². The highest BCUT2D eigenvalue weighted by molar-refractivity contribution is 7.11. The fourth-order valence-corrected chi connectivity index (χ4v) is 2.94. The molecule has 80 valence electrons. The van der Waals surface area contributed by atoms with Crippen molar-refractivity contribution in [2.75, 3.05) is 13.1 Å². The molecule has 0 aliphatic carbocycles. The molecule has 1 fully saturated rings. The van der Waals surface area contributed by atoms with Crippen LogP contribution < -0.4 is 0 Å². The number of nitrogens with zero attached hydrogens (tertiary/aromatic N) is 2. The molecule has 1 aromatic heterocycles. The van der Waals surface area contributed by atoms with E-state index in [-0.39, 0.29) is 0 Å². The van der Waals surface area contributed by atoms with Gasteiger partial charge in [0.1, 0.15) is 0 Å². The van der Waals surface area contributed by atoms with Gasteiger partial charge in [0.05, 0.1) is 6.07 Å². The van der Waals surface area contributed by atoms with Crippen LogP contribution in [0.1, 0.15) is 22.6 Å². The van der Waals surface area contributed by atoms with Gasteiger partial charge in [-0.1, -0.05) is 0 Å². The lowest BCUT2D eigenvalue weighted by molar-refractivity contribution is 0.199. The quantitative estimate of drug-likeness (QED) is 0.766. The maximum absolute atomic E-state index is 8.80. The second-order valence-electron chi connectivity index (χ2n) is 4.19. The number of nitriles is 1. The molecule has 2 nitrogen and oxygen atoms in total. The third-order valence-electron chi connectivity index (χ3n) is 2.95.